The molecule has 2 heterocycles. The van der Waals surface area contributed by atoms with Gasteiger partial charge in [-0.25, -0.2) is 9.78 Å². The Morgan fingerprint density at radius 3 is 3.26 bits per heavy atom. The molecule has 1 amide bonds. The summed E-state index contributed by atoms with van der Waals surface area (Å²) in [7, 11) is 0. The van der Waals surface area contributed by atoms with Crippen LogP contribution in [0.4, 0.5) is 4.79 Å². The number of carbonyl (C=O) groups excluding carboxylic acids is 1. The van der Waals surface area contributed by atoms with Crippen molar-refractivity contribution in [2.24, 2.45) is 0 Å². The number of H-pyrrole nitrogens is 1. The van der Waals surface area contributed by atoms with E-state index < -0.39 is 12.2 Å². The first-order chi connectivity index (χ1) is 9.13. The van der Waals surface area contributed by atoms with E-state index in [0.717, 1.165) is 0 Å². The van der Waals surface area contributed by atoms with E-state index in [1.54, 1.807) is 4.90 Å². The molecule has 1 aliphatic rings. The largest absolute Gasteiger partial charge is 0.445 e. The van der Waals surface area contributed by atoms with E-state index in [1.807, 2.05) is 6.92 Å². The fourth-order valence-electron chi connectivity index (χ4n) is 2.36. The molecule has 104 valence electrons. The molecule has 7 heteroatoms. The third kappa shape index (κ3) is 2.93. The molecule has 1 fully saturated rings. The van der Waals surface area contributed by atoms with E-state index in [9.17, 15) is 9.90 Å². The maximum absolute atomic E-state index is 11.9. The van der Waals surface area contributed by atoms with Crippen molar-refractivity contribution in [2.75, 3.05) is 13.2 Å². The van der Waals surface area contributed by atoms with Crippen LogP contribution in [0.15, 0.2) is 19.0 Å². The molecule has 2 rings (SSSR count). The second-order valence-corrected chi connectivity index (χ2v) is 4.63. The molecule has 1 aromatic heterocycles. The summed E-state index contributed by atoms with van der Waals surface area (Å²) in [6.07, 6.45) is 2.47. The molecule has 0 spiro atoms. The minimum Gasteiger partial charge on any atom is -0.445 e. The molecule has 1 saturated heterocycles. The van der Waals surface area contributed by atoms with Crippen molar-refractivity contribution in [3.05, 3.63) is 24.8 Å². The number of hydrogen-bond donors (Lipinski definition) is 2. The molecule has 0 radical (unpaired) electrons. The zero-order chi connectivity index (χ0) is 13.8. The zero-order valence-corrected chi connectivity index (χ0v) is 10.8. The lowest BCUT2D eigenvalue weighted by Gasteiger charge is -2.27. The number of nitrogens with zero attached hydrogens (tertiary/aromatic N) is 3. The van der Waals surface area contributed by atoms with Crippen molar-refractivity contribution < 1.29 is 14.6 Å². The second kappa shape index (κ2) is 5.83. The van der Waals surface area contributed by atoms with Gasteiger partial charge < -0.3 is 14.7 Å². The van der Waals surface area contributed by atoms with Gasteiger partial charge in [0.15, 0.2) is 0 Å². The molecule has 3 atom stereocenters. The normalized spacial score (nSPS) is 24.2. The number of ether oxygens (including phenoxy) is 1. The molecule has 1 aliphatic heterocycles. The van der Waals surface area contributed by atoms with Crippen molar-refractivity contribution in [1.82, 2.24) is 20.1 Å². The third-order valence-corrected chi connectivity index (χ3v) is 3.32. The molecule has 0 saturated carbocycles. The van der Waals surface area contributed by atoms with Crippen LogP contribution in [0.5, 0.6) is 0 Å². The predicted octanol–water partition coefficient (Wildman–Crippen LogP) is 0.666. The summed E-state index contributed by atoms with van der Waals surface area (Å²) in [6, 6.07) is -0.153. The number of aliphatic hydroxyl groups excluding tert-OH is 1. The first-order valence-electron chi connectivity index (χ1n) is 6.21. The lowest BCUT2D eigenvalue weighted by Crippen LogP contribution is -2.39. The Morgan fingerprint density at radius 1 is 1.84 bits per heavy atom. The Balaban J connectivity index is 2.08. The summed E-state index contributed by atoms with van der Waals surface area (Å²) in [4.78, 5) is 17.6. The number of hydrogen-bond acceptors (Lipinski definition) is 5. The lowest BCUT2D eigenvalue weighted by molar-refractivity contribution is 0.0988. The number of aliphatic hydroxyl groups is 1. The Morgan fingerprint density at radius 2 is 2.63 bits per heavy atom. The topological polar surface area (TPSA) is 91.3 Å². The van der Waals surface area contributed by atoms with Gasteiger partial charge in [0.1, 0.15) is 18.8 Å². The van der Waals surface area contributed by atoms with Gasteiger partial charge in [0.2, 0.25) is 0 Å². The van der Waals surface area contributed by atoms with Crippen LogP contribution in [-0.2, 0) is 4.74 Å². The summed E-state index contributed by atoms with van der Waals surface area (Å²) in [5.41, 5.74) is 0. The van der Waals surface area contributed by atoms with E-state index in [2.05, 4.69) is 21.8 Å². The minimum atomic E-state index is -0.536. The molecular formula is C12H18N4O3. The van der Waals surface area contributed by atoms with Crippen molar-refractivity contribution >= 4 is 6.09 Å². The first kappa shape index (κ1) is 13.5. The molecule has 2 N–H and O–H groups in total. The lowest BCUT2D eigenvalue weighted by atomic mass is 9.98. The van der Waals surface area contributed by atoms with Crippen molar-refractivity contribution in [3.8, 4) is 0 Å². The van der Waals surface area contributed by atoms with Gasteiger partial charge in [0.05, 0.1) is 12.6 Å². The maximum atomic E-state index is 11.9. The molecule has 19 heavy (non-hydrogen) atoms. The van der Waals surface area contributed by atoms with E-state index in [4.69, 9.17) is 4.74 Å². The summed E-state index contributed by atoms with van der Waals surface area (Å²) < 4.78 is 5.03. The average molecular weight is 266 g/mol. The summed E-state index contributed by atoms with van der Waals surface area (Å²) in [5, 5.41) is 16.4. The van der Waals surface area contributed by atoms with E-state index in [0.29, 0.717) is 12.2 Å². The van der Waals surface area contributed by atoms with Gasteiger partial charge in [-0.05, 0) is 6.42 Å². The van der Waals surface area contributed by atoms with Gasteiger partial charge in [-0.15, -0.1) is 0 Å². The van der Waals surface area contributed by atoms with Crippen LogP contribution in [0.25, 0.3) is 0 Å². The van der Waals surface area contributed by atoms with Gasteiger partial charge >= 0.3 is 6.09 Å². The van der Waals surface area contributed by atoms with Crippen LogP contribution in [-0.4, -0.2) is 56.6 Å². The summed E-state index contributed by atoms with van der Waals surface area (Å²) in [5.74, 6) is 0.650. The van der Waals surface area contributed by atoms with Crippen molar-refractivity contribution in [1.29, 1.82) is 0 Å². The Kier molecular flexibility index (Phi) is 4.16. The Bertz CT molecular complexity index is 434. The van der Waals surface area contributed by atoms with Crippen LogP contribution in [0.1, 0.15) is 25.1 Å². The highest BCUT2D eigenvalue weighted by atomic mass is 16.6. The molecule has 0 bridgehead atoms. The minimum absolute atomic E-state index is 0.0454. The number of rotatable bonds is 4. The maximum Gasteiger partial charge on any atom is 0.410 e. The summed E-state index contributed by atoms with van der Waals surface area (Å²) in [6.45, 7) is 5.88. The smallest absolute Gasteiger partial charge is 0.410 e. The van der Waals surface area contributed by atoms with E-state index in [-0.39, 0.29) is 25.1 Å². The van der Waals surface area contributed by atoms with Gasteiger partial charge in [-0.3, -0.25) is 5.10 Å². The van der Waals surface area contributed by atoms with Crippen LogP contribution in [0, 0.1) is 0 Å². The van der Waals surface area contributed by atoms with Gasteiger partial charge in [-0.2, -0.15) is 5.10 Å². The monoisotopic (exact) mass is 266 g/mol. The first-order valence-corrected chi connectivity index (χ1v) is 6.21. The highest BCUT2D eigenvalue weighted by Crippen LogP contribution is 2.29. The Hall–Kier alpha value is -1.89. The van der Waals surface area contributed by atoms with Crippen LogP contribution in [0.2, 0.25) is 0 Å². The predicted molar refractivity (Wildman–Crippen MR) is 67.5 cm³/mol. The standard InChI is InChI=1S/C12H18N4O3/c1-3-4-19-12(18)16-6-9(17)5-10(16)8(2)11-13-7-14-15-11/h3,7-10,17H,1,4-6H2,2H3,(H,13,14,15)/t8?,9-,10-/m1/s1. The molecule has 7 nitrogen and oxygen atoms in total. The second-order valence-electron chi connectivity index (χ2n) is 4.63. The molecular weight excluding hydrogens is 248 g/mol. The number of nitrogens with one attached hydrogen (secondary N) is 1. The van der Waals surface area contributed by atoms with Gasteiger partial charge in [0.25, 0.3) is 0 Å². The highest BCUT2D eigenvalue weighted by molar-refractivity contribution is 5.68. The van der Waals surface area contributed by atoms with Crippen molar-refractivity contribution in [2.45, 2.75) is 31.4 Å². The summed E-state index contributed by atoms with van der Waals surface area (Å²) >= 11 is 0. The molecule has 0 aliphatic carbocycles. The molecule has 1 unspecified atom stereocenters. The number of aromatic nitrogens is 3. The zero-order valence-electron chi connectivity index (χ0n) is 10.8. The number of carbonyl (C=O) groups is 1. The number of β-amino-alcohol motifs (C(OH)–C–C–N with tert-alkyl or cyclic N) is 1. The SMILES string of the molecule is C=CCOC(=O)N1C[C@H](O)C[C@@H]1C(C)c1ncn[nH]1. The van der Waals surface area contributed by atoms with Gasteiger partial charge in [0, 0.05) is 12.0 Å². The number of aromatic amines is 1. The average Bonchev–Trinajstić information content (AvgIpc) is 3.04. The quantitative estimate of drug-likeness (QED) is 0.781. The van der Waals surface area contributed by atoms with Crippen LogP contribution >= 0.6 is 0 Å². The van der Waals surface area contributed by atoms with E-state index >= 15 is 0 Å². The fourth-order valence-corrected chi connectivity index (χ4v) is 2.36. The number of amides is 1. The van der Waals surface area contributed by atoms with E-state index in [1.165, 1.54) is 12.4 Å². The van der Waals surface area contributed by atoms with Gasteiger partial charge in [-0.1, -0.05) is 19.6 Å². The van der Waals surface area contributed by atoms with Crippen LogP contribution in [0.3, 0.4) is 0 Å². The van der Waals surface area contributed by atoms with Crippen LogP contribution < -0.4 is 0 Å². The molecule has 0 aromatic carbocycles. The fraction of sp³-hybridized carbons (Fsp3) is 0.583. The molecule has 1 aromatic rings. The number of likely N-dealkylation sites (tertiary alicyclic amines) is 1. The Labute approximate surface area is 111 Å². The third-order valence-electron chi connectivity index (χ3n) is 3.32. The highest BCUT2D eigenvalue weighted by Gasteiger charge is 2.39. The van der Waals surface area contributed by atoms with Crippen molar-refractivity contribution in [3.63, 3.8) is 0 Å².